The van der Waals surface area contributed by atoms with Gasteiger partial charge in [-0.25, -0.2) is 4.79 Å². The van der Waals surface area contributed by atoms with Crippen LogP contribution in [-0.2, 0) is 9.53 Å². The Morgan fingerprint density at radius 1 is 1.29 bits per heavy atom. The van der Waals surface area contributed by atoms with Crippen LogP contribution >= 0.6 is 0 Å². The minimum Gasteiger partial charge on any atom is -0.459 e. The molecule has 6 nitrogen and oxygen atoms in total. The number of carbonyl (C=O) groups excluding carboxylic acids is 2. The van der Waals surface area contributed by atoms with Gasteiger partial charge in [0.05, 0.1) is 6.54 Å². The van der Waals surface area contributed by atoms with E-state index < -0.39 is 6.04 Å². The Balaban J connectivity index is 1.59. The van der Waals surface area contributed by atoms with Crippen molar-refractivity contribution < 1.29 is 18.8 Å². The maximum Gasteiger partial charge on any atom is 0.329 e. The summed E-state index contributed by atoms with van der Waals surface area (Å²) in [6, 6.07) is 10.6. The van der Waals surface area contributed by atoms with Gasteiger partial charge in [0, 0.05) is 18.1 Å². The zero-order valence-electron chi connectivity index (χ0n) is 11.1. The fourth-order valence-corrected chi connectivity index (χ4v) is 2.84. The first-order valence-corrected chi connectivity index (χ1v) is 6.76. The number of benzene rings is 1. The van der Waals surface area contributed by atoms with Crippen LogP contribution in [0.15, 0.2) is 40.9 Å². The number of esters is 1. The molecule has 3 heterocycles. The Morgan fingerprint density at radius 2 is 2.10 bits per heavy atom. The third-order valence-electron chi connectivity index (χ3n) is 3.87. The fourth-order valence-electron chi connectivity index (χ4n) is 2.84. The summed E-state index contributed by atoms with van der Waals surface area (Å²) in [6.07, 6.45) is 0.403. The number of nitrogens with zero attached hydrogens (tertiary/aromatic N) is 2. The lowest BCUT2D eigenvalue weighted by Crippen LogP contribution is -2.44. The zero-order valence-corrected chi connectivity index (χ0v) is 11.1. The van der Waals surface area contributed by atoms with Gasteiger partial charge in [0.2, 0.25) is 0 Å². The van der Waals surface area contributed by atoms with Crippen LogP contribution in [0.4, 0.5) is 0 Å². The number of amides is 1. The van der Waals surface area contributed by atoms with Crippen LogP contribution in [0.1, 0.15) is 16.9 Å². The van der Waals surface area contributed by atoms with Gasteiger partial charge in [-0.3, -0.25) is 4.79 Å². The molecule has 0 spiro atoms. The van der Waals surface area contributed by atoms with Gasteiger partial charge in [-0.15, -0.1) is 0 Å². The summed E-state index contributed by atoms with van der Waals surface area (Å²) in [4.78, 5) is 25.5. The molecule has 2 saturated heterocycles. The highest BCUT2D eigenvalue weighted by atomic mass is 16.6. The maximum atomic E-state index is 12.4. The summed E-state index contributed by atoms with van der Waals surface area (Å²) in [7, 11) is 0. The number of fused-ring (bicyclic) bond motifs is 2. The third kappa shape index (κ3) is 1.91. The van der Waals surface area contributed by atoms with Gasteiger partial charge in [-0.05, 0) is 0 Å². The van der Waals surface area contributed by atoms with Crippen molar-refractivity contribution in [3.05, 3.63) is 42.1 Å². The van der Waals surface area contributed by atoms with E-state index in [-0.39, 0.29) is 23.7 Å². The Labute approximate surface area is 120 Å². The van der Waals surface area contributed by atoms with E-state index in [1.54, 1.807) is 6.07 Å². The van der Waals surface area contributed by atoms with E-state index in [1.807, 2.05) is 30.3 Å². The van der Waals surface area contributed by atoms with Crippen LogP contribution < -0.4 is 0 Å². The lowest BCUT2D eigenvalue weighted by molar-refractivity contribution is -0.149. The number of ether oxygens (including phenoxy) is 1. The average molecular weight is 284 g/mol. The number of aromatic nitrogens is 1. The van der Waals surface area contributed by atoms with Crippen LogP contribution in [0.5, 0.6) is 0 Å². The molecule has 0 radical (unpaired) electrons. The Bertz CT molecular complexity index is 709. The highest BCUT2D eigenvalue weighted by Gasteiger charge is 2.49. The summed E-state index contributed by atoms with van der Waals surface area (Å²) in [5.74, 6) is -0.0812. The van der Waals surface area contributed by atoms with Crippen LogP contribution in [0.3, 0.4) is 0 Å². The van der Waals surface area contributed by atoms with Crippen molar-refractivity contribution >= 4 is 11.9 Å². The minimum atomic E-state index is -0.473. The fraction of sp³-hybridized carbons (Fsp3) is 0.267. The largest absolute Gasteiger partial charge is 0.459 e. The van der Waals surface area contributed by atoms with Gasteiger partial charge in [0.25, 0.3) is 5.91 Å². The predicted octanol–water partition coefficient (Wildman–Crippen LogP) is 1.48. The van der Waals surface area contributed by atoms with E-state index >= 15 is 0 Å². The Hall–Kier alpha value is -2.63. The van der Waals surface area contributed by atoms with Crippen LogP contribution in [0, 0.1) is 0 Å². The quantitative estimate of drug-likeness (QED) is 0.781. The molecule has 2 atom stereocenters. The van der Waals surface area contributed by atoms with E-state index in [0.717, 1.165) is 5.56 Å². The second kappa shape index (κ2) is 4.44. The highest BCUT2D eigenvalue weighted by molar-refractivity contribution is 5.97. The van der Waals surface area contributed by atoms with Crippen LogP contribution in [-0.4, -0.2) is 40.6 Å². The van der Waals surface area contributed by atoms with Crippen molar-refractivity contribution in [1.29, 1.82) is 0 Å². The smallest absolute Gasteiger partial charge is 0.329 e. The van der Waals surface area contributed by atoms with Crippen LogP contribution in [0.25, 0.3) is 11.3 Å². The monoisotopic (exact) mass is 284 g/mol. The van der Waals surface area contributed by atoms with Gasteiger partial charge in [-0.2, -0.15) is 0 Å². The van der Waals surface area contributed by atoms with E-state index in [2.05, 4.69) is 5.16 Å². The second-order valence-corrected chi connectivity index (χ2v) is 5.21. The third-order valence-corrected chi connectivity index (χ3v) is 3.87. The topological polar surface area (TPSA) is 72.6 Å². The van der Waals surface area contributed by atoms with E-state index in [9.17, 15) is 9.59 Å². The molecule has 2 fully saturated rings. The predicted molar refractivity (Wildman–Crippen MR) is 71.3 cm³/mol. The van der Waals surface area contributed by atoms with Crippen molar-refractivity contribution in [1.82, 2.24) is 10.1 Å². The van der Waals surface area contributed by atoms with E-state index in [0.29, 0.717) is 18.7 Å². The van der Waals surface area contributed by atoms with Crippen molar-refractivity contribution in [2.24, 2.45) is 0 Å². The number of likely N-dealkylation sites (tertiary alicyclic amines) is 1. The molecule has 106 valence electrons. The molecule has 2 bridgehead atoms. The molecule has 0 N–H and O–H groups in total. The van der Waals surface area contributed by atoms with E-state index in [1.165, 1.54) is 4.90 Å². The molecule has 2 aromatic rings. The van der Waals surface area contributed by atoms with Gasteiger partial charge in [0.15, 0.2) is 11.5 Å². The number of morpholine rings is 1. The van der Waals surface area contributed by atoms with Gasteiger partial charge >= 0.3 is 5.97 Å². The summed E-state index contributed by atoms with van der Waals surface area (Å²) in [5.41, 5.74) is 1.07. The number of carbonyl (C=O) groups is 2. The van der Waals surface area contributed by atoms with Gasteiger partial charge < -0.3 is 14.2 Å². The molecule has 2 aliphatic heterocycles. The molecular weight excluding hydrogens is 272 g/mol. The summed E-state index contributed by atoms with van der Waals surface area (Å²) < 4.78 is 10.3. The first-order valence-electron chi connectivity index (χ1n) is 6.76. The molecule has 0 unspecified atom stereocenters. The number of hydrogen-bond donors (Lipinski definition) is 0. The summed E-state index contributed by atoms with van der Waals surface area (Å²) in [5, 5.41) is 3.83. The zero-order chi connectivity index (χ0) is 14.4. The highest BCUT2D eigenvalue weighted by Crippen LogP contribution is 2.30. The molecule has 1 aromatic heterocycles. The van der Waals surface area contributed by atoms with Crippen LogP contribution in [0.2, 0.25) is 0 Å². The van der Waals surface area contributed by atoms with Crippen molar-refractivity contribution in [3.8, 4) is 11.3 Å². The Morgan fingerprint density at radius 3 is 2.81 bits per heavy atom. The van der Waals surface area contributed by atoms with Crippen molar-refractivity contribution in [2.45, 2.75) is 18.6 Å². The summed E-state index contributed by atoms with van der Waals surface area (Å²) >= 11 is 0. The summed E-state index contributed by atoms with van der Waals surface area (Å²) in [6.45, 7) is 0.433. The van der Waals surface area contributed by atoms with Gasteiger partial charge in [-0.1, -0.05) is 35.5 Å². The average Bonchev–Trinajstić information content (AvgIpc) is 3.22. The molecule has 21 heavy (non-hydrogen) atoms. The molecule has 0 aliphatic carbocycles. The van der Waals surface area contributed by atoms with E-state index in [4.69, 9.17) is 9.26 Å². The minimum absolute atomic E-state index is 0.174. The normalized spacial score (nSPS) is 23.4. The molecule has 2 aliphatic rings. The SMILES string of the molecule is O=C1O[C@@H]2C[C@H]1N(C(=O)c1cc(-c3ccccc3)on1)C2. The second-order valence-electron chi connectivity index (χ2n) is 5.21. The molecule has 0 saturated carbocycles. The van der Waals surface area contributed by atoms with Gasteiger partial charge in [0.1, 0.15) is 12.1 Å². The lowest BCUT2D eigenvalue weighted by atomic mass is 10.1. The maximum absolute atomic E-state index is 12.4. The molecule has 1 aromatic carbocycles. The number of hydrogen-bond acceptors (Lipinski definition) is 5. The first kappa shape index (κ1) is 12.1. The van der Waals surface area contributed by atoms with Crippen molar-refractivity contribution in [2.75, 3.05) is 6.54 Å². The standard InChI is InChI=1S/C15H12N2O4/c18-14(17-8-10-6-12(17)15(19)20-10)11-7-13(21-16-11)9-4-2-1-3-5-9/h1-5,7,10,12H,6,8H2/t10-,12-/m1/s1. The number of rotatable bonds is 2. The first-order chi connectivity index (χ1) is 10.2. The lowest BCUT2D eigenvalue weighted by Gasteiger charge is -2.24. The molecule has 1 amide bonds. The molecule has 4 rings (SSSR count). The molecular formula is C15H12N2O4. The Kier molecular flexibility index (Phi) is 2.57. The van der Waals surface area contributed by atoms with Crippen molar-refractivity contribution in [3.63, 3.8) is 0 Å². The molecule has 6 heteroatoms.